The van der Waals surface area contributed by atoms with Gasteiger partial charge in [-0.15, -0.1) is 0 Å². The van der Waals surface area contributed by atoms with Crippen LogP contribution in [0.2, 0.25) is 0 Å². The zero-order chi connectivity index (χ0) is 37.9. The van der Waals surface area contributed by atoms with Gasteiger partial charge in [-0.2, -0.15) is 0 Å². The molecule has 0 bridgehead atoms. The van der Waals surface area contributed by atoms with Crippen molar-refractivity contribution in [3.05, 3.63) is 70.8 Å². The zero-order valence-corrected chi connectivity index (χ0v) is 28.6. The maximum atomic E-state index is 10.2. The number of benzene rings is 2. The third kappa shape index (κ3) is 10.6. The van der Waals surface area contributed by atoms with E-state index in [2.05, 4.69) is 35.5 Å². The molecule has 0 spiro atoms. The van der Waals surface area contributed by atoms with E-state index in [1.807, 2.05) is 31.2 Å². The van der Waals surface area contributed by atoms with Crippen LogP contribution in [-0.4, -0.2) is 163 Å². The van der Waals surface area contributed by atoms with Gasteiger partial charge in [0.15, 0.2) is 0 Å². The van der Waals surface area contributed by atoms with Gasteiger partial charge in [0.25, 0.3) is 0 Å². The van der Waals surface area contributed by atoms with Crippen LogP contribution in [0, 0.1) is 42.4 Å². The van der Waals surface area contributed by atoms with Crippen LogP contribution in [-0.2, 0) is 18.9 Å². The lowest BCUT2D eigenvalue weighted by molar-refractivity contribution is -0.214. The first-order chi connectivity index (χ1) is 24.9. The Morgan fingerprint density at radius 1 is 0.558 bits per heavy atom. The largest absolute Gasteiger partial charge is 0.394 e. The van der Waals surface area contributed by atoms with E-state index in [-0.39, 0.29) is 13.0 Å². The molecule has 14 atom stereocenters. The van der Waals surface area contributed by atoms with Crippen LogP contribution in [0.5, 0.6) is 0 Å². The van der Waals surface area contributed by atoms with Crippen molar-refractivity contribution in [2.24, 2.45) is 0 Å². The van der Waals surface area contributed by atoms with E-state index in [1.54, 1.807) is 24.3 Å². The molecule has 0 radical (unpaired) electrons. The van der Waals surface area contributed by atoms with Crippen molar-refractivity contribution in [1.29, 1.82) is 0 Å². The van der Waals surface area contributed by atoms with Gasteiger partial charge in [0.2, 0.25) is 0 Å². The number of hydrogen-bond acceptors (Lipinski definition) is 14. The molecular weight excluding hydrogens is 680 g/mol. The first-order valence-electron chi connectivity index (χ1n) is 16.7. The minimum Gasteiger partial charge on any atom is -0.394 e. The minimum absolute atomic E-state index is 0.269. The molecule has 2 aromatic carbocycles. The number of methoxy groups -OCH3 is 1. The fourth-order valence-electron chi connectivity index (χ4n) is 5.68. The van der Waals surface area contributed by atoms with Gasteiger partial charge in [-0.1, -0.05) is 53.2 Å². The van der Waals surface area contributed by atoms with Crippen molar-refractivity contribution in [3.8, 4) is 35.5 Å². The summed E-state index contributed by atoms with van der Waals surface area (Å²) in [6, 6.07) is 14.4. The van der Waals surface area contributed by atoms with Crippen LogP contribution in [0.3, 0.4) is 0 Å². The van der Waals surface area contributed by atoms with Crippen LogP contribution in [0.25, 0.3) is 0 Å². The smallest absolute Gasteiger partial charge is 0.147 e. The molecule has 11 unspecified atom stereocenters. The average Bonchev–Trinajstić information content (AvgIpc) is 3.15. The van der Waals surface area contributed by atoms with Crippen LogP contribution >= 0.6 is 0 Å². The van der Waals surface area contributed by atoms with Crippen molar-refractivity contribution >= 4 is 0 Å². The summed E-state index contributed by atoms with van der Waals surface area (Å²) in [4.78, 5) is 0. The Morgan fingerprint density at radius 3 is 1.37 bits per heavy atom. The first kappa shape index (κ1) is 41.3. The zero-order valence-electron chi connectivity index (χ0n) is 28.6. The van der Waals surface area contributed by atoms with Crippen molar-refractivity contribution in [2.45, 2.75) is 98.8 Å². The highest BCUT2D eigenvalue weighted by molar-refractivity contribution is 5.43. The summed E-state index contributed by atoms with van der Waals surface area (Å²) in [5.41, 5.74) is 3.17. The molecule has 10 N–H and O–H groups in total. The summed E-state index contributed by atoms with van der Waals surface area (Å²) < 4.78 is 21.5. The van der Waals surface area contributed by atoms with E-state index in [1.165, 1.54) is 7.11 Å². The molecular formula is C38H46O14. The number of rotatable bonds is 4. The van der Waals surface area contributed by atoms with Gasteiger partial charge in [0.05, 0.1) is 25.9 Å². The molecule has 3 heterocycles. The van der Waals surface area contributed by atoms with Crippen molar-refractivity contribution < 1.29 is 70.0 Å². The third-order valence-corrected chi connectivity index (χ3v) is 8.81. The highest BCUT2D eigenvalue weighted by Crippen LogP contribution is 2.23. The molecule has 0 aliphatic carbocycles. The Morgan fingerprint density at radius 2 is 0.962 bits per heavy atom. The molecule has 3 saturated heterocycles. The van der Waals surface area contributed by atoms with E-state index >= 15 is 0 Å². The Balaban J connectivity index is 0.000000259. The molecule has 0 aromatic heterocycles. The van der Waals surface area contributed by atoms with E-state index in [9.17, 15) is 46.0 Å². The monoisotopic (exact) mass is 726 g/mol. The van der Waals surface area contributed by atoms with Gasteiger partial charge in [-0.25, -0.2) is 0 Å². The van der Waals surface area contributed by atoms with Gasteiger partial charge in [0, 0.05) is 30.2 Å². The lowest BCUT2D eigenvalue weighted by atomic mass is 9.95. The number of aryl methyl sites for hydroxylation is 1. The number of aliphatic hydroxyl groups excluding tert-OH is 10. The summed E-state index contributed by atoms with van der Waals surface area (Å²) in [7, 11) is 1.45. The predicted molar refractivity (Wildman–Crippen MR) is 183 cm³/mol. The van der Waals surface area contributed by atoms with Crippen molar-refractivity contribution in [2.75, 3.05) is 26.9 Å². The fraction of sp³-hybridized carbons (Fsp3) is 0.526. The van der Waals surface area contributed by atoms with E-state index in [0.717, 1.165) is 11.1 Å². The highest BCUT2D eigenvalue weighted by atomic mass is 16.6. The molecule has 14 nitrogen and oxygen atoms in total. The quantitative estimate of drug-likeness (QED) is 0.141. The van der Waals surface area contributed by atoms with Crippen LogP contribution in [0.4, 0.5) is 0 Å². The SMILES string of the molecule is CO[C@H]1C(O)CC(C#Cc2ccc(C#CC3OC(CO)[C@@H](O)C(O)C3O)cc2)OC1CO.Cc1ccc(C#CC2OC(CO)[C@@H](O)C(O)C2O)cc1. The lowest BCUT2D eigenvalue weighted by Gasteiger charge is -2.37. The van der Waals surface area contributed by atoms with Gasteiger partial charge >= 0.3 is 0 Å². The molecule has 0 saturated carbocycles. The number of hydrogen-bond donors (Lipinski definition) is 10. The summed E-state index contributed by atoms with van der Waals surface area (Å²) in [6.07, 6.45) is -14.6. The summed E-state index contributed by atoms with van der Waals surface area (Å²) in [6.45, 7) is 0.724. The molecule has 5 rings (SSSR count). The van der Waals surface area contributed by atoms with Crippen LogP contribution in [0.15, 0.2) is 48.5 Å². The topological polar surface area (TPSA) is 239 Å². The molecule has 3 aliphatic rings. The molecule has 2 aromatic rings. The second-order valence-corrected chi connectivity index (χ2v) is 12.6. The highest BCUT2D eigenvalue weighted by Gasteiger charge is 2.44. The van der Waals surface area contributed by atoms with Crippen LogP contribution < -0.4 is 0 Å². The second kappa shape index (κ2) is 19.6. The maximum absolute atomic E-state index is 10.2. The van der Waals surface area contributed by atoms with Gasteiger partial charge in [0.1, 0.15) is 79.4 Å². The molecule has 0 amide bonds. The van der Waals surface area contributed by atoms with Crippen LogP contribution in [0.1, 0.15) is 28.7 Å². The third-order valence-electron chi connectivity index (χ3n) is 8.81. The van der Waals surface area contributed by atoms with Gasteiger partial charge in [-0.3, -0.25) is 0 Å². The van der Waals surface area contributed by atoms with Gasteiger partial charge in [-0.05, 0) is 43.3 Å². The summed E-state index contributed by atoms with van der Waals surface area (Å²) >= 11 is 0. The number of aliphatic hydroxyl groups is 10. The molecule has 14 heteroatoms. The second-order valence-electron chi connectivity index (χ2n) is 12.6. The van der Waals surface area contributed by atoms with E-state index in [4.69, 9.17) is 24.1 Å². The van der Waals surface area contributed by atoms with Crippen molar-refractivity contribution in [1.82, 2.24) is 0 Å². The molecule has 52 heavy (non-hydrogen) atoms. The summed E-state index contributed by atoms with van der Waals surface area (Å²) in [5, 5.41) is 96.7. The Bertz CT molecular complexity index is 1600. The van der Waals surface area contributed by atoms with Crippen molar-refractivity contribution in [3.63, 3.8) is 0 Å². The molecule has 282 valence electrons. The van der Waals surface area contributed by atoms with E-state index in [0.29, 0.717) is 11.1 Å². The standard InChI is InChI=1S/C23H28O9.C15H18O5/c1-30-23-16(26)10-15(31-19(23)12-25)8-6-13-2-4-14(5-3-13)7-9-17-20(27)22(29)21(28)18(11-24)32-17;1-9-2-4-10(5-3-9)6-7-11-13(17)15(19)14(18)12(8-16)20-11/h2-5,15-29H,10-12H2,1H3;2-5,11-19H,8H2,1H3/t15?,16?,17?,18?,19?,20?,21-,22?,23+;11?,12?,13?,14-,15?/m11/s1. The Hall–Kier alpha value is -3.44. The fourth-order valence-corrected chi connectivity index (χ4v) is 5.68. The van der Waals surface area contributed by atoms with E-state index < -0.39 is 98.7 Å². The molecule has 3 fully saturated rings. The minimum atomic E-state index is -1.47. The normalized spacial score (nSPS) is 35.6. The maximum Gasteiger partial charge on any atom is 0.147 e. The lowest BCUT2D eigenvalue weighted by Crippen LogP contribution is -2.58. The first-order valence-corrected chi connectivity index (χ1v) is 16.7. The number of ether oxygens (including phenoxy) is 4. The predicted octanol–water partition coefficient (Wildman–Crippen LogP) is -3.05. The summed E-state index contributed by atoms with van der Waals surface area (Å²) in [5.74, 6) is 17.0. The Kier molecular flexibility index (Phi) is 15.6. The molecule has 3 aliphatic heterocycles. The Labute approximate surface area is 301 Å². The average molecular weight is 727 g/mol. The van der Waals surface area contributed by atoms with Gasteiger partial charge < -0.3 is 70.0 Å².